The van der Waals surface area contributed by atoms with Gasteiger partial charge < -0.3 is 11.2 Å². The molecule has 1 aromatic rings. The van der Waals surface area contributed by atoms with Crippen molar-refractivity contribution in [2.45, 2.75) is 18.5 Å². The van der Waals surface area contributed by atoms with Crippen molar-refractivity contribution in [3.63, 3.8) is 0 Å². The molecule has 2 rings (SSSR count). The Morgan fingerprint density at radius 2 is 2.39 bits per heavy atom. The fraction of sp³-hybridized carbons (Fsp3) is 0.429. The second-order valence-corrected chi connectivity index (χ2v) is 5.91. The molecule has 1 aliphatic heterocycles. The molecule has 0 radical (unpaired) electrons. The molecule has 0 aliphatic carbocycles. The summed E-state index contributed by atoms with van der Waals surface area (Å²) in [5.41, 5.74) is 0.769. The molecule has 0 saturated carbocycles. The summed E-state index contributed by atoms with van der Waals surface area (Å²) < 4.78 is 13.7. The second-order valence-electron chi connectivity index (χ2n) is 5.50. The Kier molecular flexibility index (Phi) is 5.75. The maximum atomic E-state index is 13.7. The number of likely N-dealkylation sites (tertiary alicyclic amines) is 1. The SMILES string of the molecule is CN1CCC(NC(=O)CN(N)/C=N\N)C1c1ccc(Cl)c(F)c1. The van der Waals surface area contributed by atoms with Crippen LogP contribution in [0.5, 0.6) is 0 Å². The molecule has 5 N–H and O–H groups in total. The number of hydrazine groups is 1. The van der Waals surface area contributed by atoms with Gasteiger partial charge in [0, 0.05) is 12.6 Å². The first-order valence-corrected chi connectivity index (χ1v) is 7.49. The van der Waals surface area contributed by atoms with Crippen molar-refractivity contribution in [2.24, 2.45) is 16.8 Å². The zero-order valence-electron chi connectivity index (χ0n) is 12.7. The molecule has 1 saturated heterocycles. The van der Waals surface area contributed by atoms with Crippen LogP contribution in [0.4, 0.5) is 4.39 Å². The standard InChI is InChI=1S/C14H20ClFN6O/c1-21-5-4-12(20-13(23)7-22(18)8-19-17)14(21)9-2-3-10(15)11(16)6-9/h2-3,6,8,12,14H,4-5,7,17-18H2,1H3,(H,20,23)/b19-8-. The van der Waals surface area contributed by atoms with Gasteiger partial charge in [0.05, 0.1) is 11.1 Å². The first kappa shape index (κ1) is 17.5. The summed E-state index contributed by atoms with van der Waals surface area (Å²) in [6.45, 7) is 0.721. The summed E-state index contributed by atoms with van der Waals surface area (Å²) in [6.07, 6.45) is 1.92. The van der Waals surface area contributed by atoms with Gasteiger partial charge in [-0.2, -0.15) is 5.10 Å². The largest absolute Gasteiger partial charge is 0.350 e. The number of hydrogen-bond donors (Lipinski definition) is 3. The van der Waals surface area contributed by atoms with Crippen LogP contribution in [-0.4, -0.2) is 48.3 Å². The highest BCUT2D eigenvalue weighted by Crippen LogP contribution is 2.32. The average Bonchev–Trinajstić information content (AvgIpc) is 2.83. The number of likely N-dealkylation sites (N-methyl/N-ethyl adjacent to an activating group) is 1. The minimum atomic E-state index is -0.471. The molecular weight excluding hydrogens is 323 g/mol. The average molecular weight is 343 g/mol. The van der Waals surface area contributed by atoms with E-state index in [2.05, 4.69) is 15.3 Å². The normalized spacial score (nSPS) is 21.7. The van der Waals surface area contributed by atoms with Crippen molar-refractivity contribution >= 4 is 23.8 Å². The zero-order valence-corrected chi connectivity index (χ0v) is 13.5. The van der Waals surface area contributed by atoms with E-state index in [4.69, 9.17) is 23.3 Å². The van der Waals surface area contributed by atoms with E-state index in [1.165, 1.54) is 12.1 Å². The fourth-order valence-corrected chi connectivity index (χ4v) is 2.94. The van der Waals surface area contributed by atoms with E-state index in [0.29, 0.717) is 0 Å². The molecule has 2 atom stereocenters. The van der Waals surface area contributed by atoms with Gasteiger partial charge in [-0.1, -0.05) is 17.7 Å². The highest BCUT2D eigenvalue weighted by atomic mass is 35.5. The number of hydrogen-bond acceptors (Lipinski definition) is 5. The predicted molar refractivity (Wildman–Crippen MR) is 86.9 cm³/mol. The minimum Gasteiger partial charge on any atom is -0.350 e. The molecule has 0 aromatic heterocycles. The summed E-state index contributed by atoms with van der Waals surface area (Å²) in [7, 11) is 1.93. The third kappa shape index (κ3) is 4.31. The summed E-state index contributed by atoms with van der Waals surface area (Å²) in [5, 5.41) is 7.33. The van der Waals surface area contributed by atoms with Crippen LogP contribution in [0.2, 0.25) is 5.02 Å². The molecule has 1 aromatic carbocycles. The molecular formula is C14H20ClFN6O. The lowest BCUT2D eigenvalue weighted by molar-refractivity contribution is -0.122. The second kappa shape index (κ2) is 7.58. The number of halogens is 2. The first-order valence-electron chi connectivity index (χ1n) is 7.11. The van der Waals surface area contributed by atoms with E-state index in [-0.39, 0.29) is 29.6 Å². The molecule has 23 heavy (non-hydrogen) atoms. The Hall–Kier alpha value is -1.90. The van der Waals surface area contributed by atoms with Crippen LogP contribution < -0.4 is 17.0 Å². The van der Waals surface area contributed by atoms with Gasteiger partial charge in [0.25, 0.3) is 0 Å². The monoisotopic (exact) mass is 342 g/mol. The Morgan fingerprint density at radius 1 is 1.65 bits per heavy atom. The van der Waals surface area contributed by atoms with Crippen molar-refractivity contribution in [3.05, 3.63) is 34.6 Å². The fourth-order valence-electron chi connectivity index (χ4n) is 2.83. The number of nitrogens with one attached hydrogen (secondary N) is 1. The van der Waals surface area contributed by atoms with Gasteiger partial charge in [-0.25, -0.2) is 10.2 Å². The predicted octanol–water partition coefficient (Wildman–Crippen LogP) is 0.418. The molecule has 1 fully saturated rings. The molecule has 9 heteroatoms. The molecule has 0 spiro atoms. The van der Waals surface area contributed by atoms with E-state index < -0.39 is 5.82 Å². The maximum absolute atomic E-state index is 13.7. The van der Waals surface area contributed by atoms with Crippen molar-refractivity contribution < 1.29 is 9.18 Å². The molecule has 1 aliphatic rings. The zero-order chi connectivity index (χ0) is 17.0. The van der Waals surface area contributed by atoms with Gasteiger partial charge in [0.1, 0.15) is 18.7 Å². The van der Waals surface area contributed by atoms with Crippen LogP contribution in [0.3, 0.4) is 0 Å². The summed E-state index contributed by atoms with van der Waals surface area (Å²) in [6, 6.07) is 4.44. The quantitative estimate of drug-likeness (QED) is 0.311. The van der Waals surface area contributed by atoms with E-state index in [1.54, 1.807) is 6.07 Å². The van der Waals surface area contributed by atoms with E-state index in [1.807, 2.05) is 7.05 Å². The molecule has 1 amide bonds. The lowest BCUT2D eigenvalue weighted by atomic mass is 10.00. The number of rotatable bonds is 5. The molecule has 126 valence electrons. The summed E-state index contributed by atoms with van der Waals surface area (Å²) >= 11 is 5.73. The Morgan fingerprint density at radius 3 is 3.04 bits per heavy atom. The molecule has 7 nitrogen and oxygen atoms in total. The van der Waals surface area contributed by atoms with Crippen LogP contribution >= 0.6 is 11.6 Å². The van der Waals surface area contributed by atoms with Crippen molar-refractivity contribution in [2.75, 3.05) is 20.1 Å². The first-order chi connectivity index (χ1) is 10.9. The number of nitrogens with zero attached hydrogens (tertiary/aromatic N) is 3. The lowest BCUT2D eigenvalue weighted by Gasteiger charge is -2.26. The number of carbonyl (C=O) groups excluding carboxylic acids is 1. The Labute approximate surface area is 139 Å². The van der Waals surface area contributed by atoms with Gasteiger partial charge in [-0.05, 0) is 31.2 Å². The molecule has 1 heterocycles. The third-order valence-corrected chi connectivity index (χ3v) is 4.13. The maximum Gasteiger partial charge on any atom is 0.241 e. The number of carbonyl (C=O) groups is 1. The van der Waals surface area contributed by atoms with Gasteiger partial charge in [0.2, 0.25) is 5.91 Å². The van der Waals surface area contributed by atoms with E-state index in [9.17, 15) is 9.18 Å². The van der Waals surface area contributed by atoms with Crippen LogP contribution in [0, 0.1) is 5.82 Å². The van der Waals surface area contributed by atoms with Gasteiger partial charge in [0.15, 0.2) is 0 Å². The highest BCUT2D eigenvalue weighted by Gasteiger charge is 2.34. The van der Waals surface area contributed by atoms with Gasteiger partial charge >= 0.3 is 0 Å². The number of nitrogens with two attached hydrogens (primary N) is 2. The molecule has 2 unspecified atom stereocenters. The van der Waals surface area contributed by atoms with E-state index in [0.717, 1.165) is 29.9 Å². The number of hydrazone groups is 1. The number of amides is 1. The van der Waals surface area contributed by atoms with Crippen LogP contribution in [-0.2, 0) is 4.79 Å². The van der Waals surface area contributed by atoms with Crippen LogP contribution in [0.15, 0.2) is 23.3 Å². The number of benzene rings is 1. The van der Waals surface area contributed by atoms with Crippen LogP contribution in [0.1, 0.15) is 18.0 Å². The topological polar surface area (TPSA) is 100.0 Å². The third-order valence-electron chi connectivity index (χ3n) is 3.82. The lowest BCUT2D eigenvalue weighted by Crippen LogP contribution is -2.45. The van der Waals surface area contributed by atoms with Gasteiger partial charge in [-0.15, -0.1) is 0 Å². The van der Waals surface area contributed by atoms with Crippen molar-refractivity contribution in [3.8, 4) is 0 Å². The highest BCUT2D eigenvalue weighted by molar-refractivity contribution is 6.30. The minimum absolute atomic E-state index is 0.0669. The van der Waals surface area contributed by atoms with Crippen molar-refractivity contribution in [1.29, 1.82) is 0 Å². The summed E-state index contributed by atoms with van der Waals surface area (Å²) in [4.78, 5) is 14.1. The smallest absolute Gasteiger partial charge is 0.241 e. The van der Waals surface area contributed by atoms with E-state index >= 15 is 0 Å². The van der Waals surface area contributed by atoms with Crippen LogP contribution in [0.25, 0.3) is 0 Å². The Bertz CT molecular complexity index is 599. The summed E-state index contributed by atoms with van der Waals surface area (Å²) in [5.74, 6) is 9.78. The van der Waals surface area contributed by atoms with Gasteiger partial charge in [-0.3, -0.25) is 14.7 Å². The Balaban J connectivity index is 2.08. The van der Waals surface area contributed by atoms with Crippen molar-refractivity contribution in [1.82, 2.24) is 15.2 Å². The molecule has 0 bridgehead atoms.